The number of carbonyl (C=O) groups is 1. The van der Waals surface area contributed by atoms with Crippen molar-refractivity contribution in [3.8, 4) is 10.6 Å². The quantitative estimate of drug-likeness (QED) is 0.456. The number of hydrogen-bond acceptors (Lipinski definition) is 4. The first kappa shape index (κ1) is 22.6. The first-order chi connectivity index (χ1) is 14.8. The van der Waals surface area contributed by atoms with Gasteiger partial charge in [0.2, 0.25) is 0 Å². The SMILES string of the molecule is Bc1cc(Br)cc(B)c1CCC(C)N(C(=O)c1sc(-c2cccnc2)nc1Cl)C1CC1. The fourth-order valence-electron chi connectivity index (χ4n) is 4.07. The molecule has 31 heavy (non-hydrogen) atoms. The molecule has 1 aliphatic carbocycles. The predicted octanol–water partition coefficient (Wildman–Crippen LogP) is 2.76. The Hall–Kier alpha value is -1.63. The molecular formula is C22H23B2BrClN3OS. The normalized spacial score (nSPS) is 14.4. The molecule has 3 aromatic rings. The second kappa shape index (κ2) is 9.47. The van der Waals surface area contributed by atoms with Gasteiger partial charge in [0.15, 0.2) is 5.15 Å². The highest BCUT2D eigenvalue weighted by Crippen LogP contribution is 2.36. The predicted molar refractivity (Wildman–Crippen MR) is 138 cm³/mol. The lowest BCUT2D eigenvalue weighted by molar-refractivity contribution is 0.0672. The number of thiazole rings is 1. The summed E-state index contributed by atoms with van der Waals surface area (Å²) in [5.41, 5.74) is 4.82. The van der Waals surface area contributed by atoms with Gasteiger partial charge in [0, 0.05) is 34.5 Å². The van der Waals surface area contributed by atoms with E-state index in [4.69, 9.17) is 11.6 Å². The molecule has 158 valence electrons. The Bertz CT molecular complexity index is 1080. The molecule has 1 aromatic carbocycles. The van der Waals surface area contributed by atoms with Crippen LogP contribution in [0.25, 0.3) is 10.6 Å². The number of carbonyl (C=O) groups excluding carboxylic acids is 1. The Kier molecular flexibility index (Phi) is 6.89. The summed E-state index contributed by atoms with van der Waals surface area (Å²) < 4.78 is 1.11. The van der Waals surface area contributed by atoms with Crippen LogP contribution in [0.2, 0.25) is 5.15 Å². The molecule has 2 heterocycles. The molecule has 0 spiro atoms. The molecule has 1 amide bonds. The minimum Gasteiger partial charge on any atom is -0.332 e. The van der Waals surface area contributed by atoms with E-state index in [0.29, 0.717) is 10.9 Å². The standard InChI is InChI=1S/C22H23B2BrClN3OS/c1-12(4-7-16-17(23)9-14(25)10-18(16)24)29(15-5-6-15)22(30)19-20(26)28-21(31-19)13-3-2-8-27-11-13/h2-3,8-12,15H,4-7,23-24H2,1H3. The summed E-state index contributed by atoms with van der Waals surface area (Å²) in [4.78, 5) is 24.7. The molecule has 0 radical (unpaired) electrons. The van der Waals surface area contributed by atoms with Crippen molar-refractivity contribution < 1.29 is 4.79 Å². The lowest BCUT2D eigenvalue weighted by atomic mass is 9.79. The van der Waals surface area contributed by atoms with Gasteiger partial charge in [0.05, 0.1) is 0 Å². The molecule has 4 rings (SSSR count). The first-order valence-electron chi connectivity index (χ1n) is 10.5. The molecule has 1 saturated carbocycles. The maximum atomic E-state index is 13.5. The van der Waals surface area contributed by atoms with E-state index in [0.717, 1.165) is 40.7 Å². The molecule has 9 heteroatoms. The van der Waals surface area contributed by atoms with E-state index in [1.54, 1.807) is 12.4 Å². The second-order valence-corrected chi connectivity index (χ2v) is 10.5. The summed E-state index contributed by atoms with van der Waals surface area (Å²) in [7, 11) is 4.30. The zero-order valence-corrected chi connectivity index (χ0v) is 21.0. The minimum absolute atomic E-state index is 0.00288. The number of nitrogens with zero attached hydrogens (tertiary/aromatic N) is 3. The van der Waals surface area contributed by atoms with E-state index >= 15 is 0 Å². The Labute approximate surface area is 202 Å². The monoisotopic (exact) mass is 513 g/mol. The van der Waals surface area contributed by atoms with Crippen LogP contribution >= 0.6 is 38.9 Å². The molecule has 1 atom stereocenters. The molecular weight excluding hydrogens is 491 g/mol. The summed E-state index contributed by atoms with van der Waals surface area (Å²) in [6, 6.07) is 8.54. The van der Waals surface area contributed by atoms with Crippen molar-refractivity contribution >= 4 is 71.4 Å². The van der Waals surface area contributed by atoms with Gasteiger partial charge in [-0.2, -0.15) is 0 Å². The number of halogens is 2. The first-order valence-corrected chi connectivity index (χ1v) is 12.5. The van der Waals surface area contributed by atoms with Crippen molar-refractivity contribution in [3.05, 3.63) is 56.7 Å². The summed E-state index contributed by atoms with van der Waals surface area (Å²) in [6.07, 6.45) is 7.43. The average molecular weight is 514 g/mol. The maximum absolute atomic E-state index is 13.5. The molecule has 2 aromatic heterocycles. The van der Waals surface area contributed by atoms with Crippen molar-refractivity contribution in [2.24, 2.45) is 0 Å². The maximum Gasteiger partial charge on any atom is 0.267 e. The third kappa shape index (κ3) is 5.07. The van der Waals surface area contributed by atoms with E-state index < -0.39 is 0 Å². The van der Waals surface area contributed by atoms with Crippen molar-refractivity contribution in [1.29, 1.82) is 0 Å². The van der Waals surface area contributed by atoms with Gasteiger partial charge in [-0.3, -0.25) is 9.78 Å². The Morgan fingerprint density at radius 3 is 2.68 bits per heavy atom. The van der Waals surface area contributed by atoms with Crippen LogP contribution in [-0.2, 0) is 6.42 Å². The van der Waals surface area contributed by atoms with E-state index in [2.05, 4.69) is 60.6 Å². The van der Waals surface area contributed by atoms with Crippen LogP contribution in [0.5, 0.6) is 0 Å². The number of benzene rings is 1. The number of pyridine rings is 1. The third-order valence-corrected chi connectivity index (χ3v) is 7.75. The number of aromatic nitrogens is 2. The van der Waals surface area contributed by atoms with Gasteiger partial charge in [0.25, 0.3) is 5.91 Å². The Morgan fingerprint density at radius 1 is 1.35 bits per heavy atom. The van der Waals surface area contributed by atoms with Crippen molar-refractivity contribution in [2.75, 3.05) is 0 Å². The topological polar surface area (TPSA) is 46.1 Å². The summed E-state index contributed by atoms with van der Waals surface area (Å²) in [5.74, 6) is -0.00288. The van der Waals surface area contributed by atoms with E-state index in [1.807, 2.05) is 17.0 Å². The van der Waals surface area contributed by atoms with Crippen LogP contribution in [-0.4, -0.2) is 48.6 Å². The fraction of sp³-hybridized carbons (Fsp3) is 0.318. The largest absolute Gasteiger partial charge is 0.332 e. The van der Waals surface area contributed by atoms with Crippen LogP contribution in [0, 0.1) is 0 Å². The van der Waals surface area contributed by atoms with Crippen molar-refractivity contribution in [1.82, 2.24) is 14.9 Å². The molecule has 0 saturated heterocycles. The van der Waals surface area contributed by atoms with Gasteiger partial charge in [-0.15, -0.1) is 11.3 Å². The van der Waals surface area contributed by atoms with Crippen molar-refractivity contribution in [3.63, 3.8) is 0 Å². The molecule has 0 bridgehead atoms. The molecule has 1 aliphatic rings. The van der Waals surface area contributed by atoms with Gasteiger partial charge in [-0.25, -0.2) is 4.98 Å². The Morgan fingerprint density at radius 2 is 2.06 bits per heavy atom. The summed E-state index contributed by atoms with van der Waals surface area (Å²) >= 11 is 11.3. The highest BCUT2D eigenvalue weighted by Gasteiger charge is 2.37. The lowest BCUT2D eigenvalue weighted by Crippen LogP contribution is -2.41. The van der Waals surface area contributed by atoms with Crippen LogP contribution in [0.15, 0.2) is 41.1 Å². The third-order valence-electron chi connectivity index (χ3n) is 5.81. The smallest absolute Gasteiger partial charge is 0.267 e. The zero-order chi connectivity index (χ0) is 22.1. The summed E-state index contributed by atoms with van der Waals surface area (Å²) in [5, 5.41) is 1.01. The van der Waals surface area contributed by atoms with Gasteiger partial charge >= 0.3 is 0 Å². The van der Waals surface area contributed by atoms with Crippen LogP contribution in [0.3, 0.4) is 0 Å². The zero-order valence-electron chi connectivity index (χ0n) is 17.9. The van der Waals surface area contributed by atoms with Gasteiger partial charge in [-0.05, 0) is 44.7 Å². The molecule has 0 N–H and O–H groups in total. The molecule has 0 aliphatic heterocycles. The molecule has 1 unspecified atom stereocenters. The average Bonchev–Trinajstić information content (AvgIpc) is 3.48. The number of hydrogen-bond donors (Lipinski definition) is 0. The summed E-state index contributed by atoms with van der Waals surface area (Å²) in [6.45, 7) is 2.15. The van der Waals surface area contributed by atoms with Crippen LogP contribution < -0.4 is 10.9 Å². The highest BCUT2D eigenvalue weighted by molar-refractivity contribution is 9.10. The molecule has 1 fully saturated rings. The van der Waals surface area contributed by atoms with E-state index in [-0.39, 0.29) is 17.1 Å². The van der Waals surface area contributed by atoms with Gasteiger partial charge in [-0.1, -0.05) is 56.2 Å². The molecule has 4 nitrogen and oxygen atoms in total. The minimum atomic E-state index is -0.00288. The van der Waals surface area contributed by atoms with Crippen LogP contribution in [0.1, 0.15) is 41.4 Å². The van der Waals surface area contributed by atoms with Gasteiger partial charge < -0.3 is 4.90 Å². The number of amides is 1. The van der Waals surface area contributed by atoms with E-state index in [1.165, 1.54) is 27.8 Å². The number of rotatable bonds is 7. The highest BCUT2D eigenvalue weighted by atomic mass is 79.9. The fourth-order valence-corrected chi connectivity index (χ4v) is 5.98. The Balaban J connectivity index is 1.53. The van der Waals surface area contributed by atoms with Crippen molar-refractivity contribution in [2.45, 2.75) is 44.7 Å². The van der Waals surface area contributed by atoms with Crippen LogP contribution in [0.4, 0.5) is 0 Å². The van der Waals surface area contributed by atoms with Gasteiger partial charge in [0.1, 0.15) is 25.6 Å². The van der Waals surface area contributed by atoms with E-state index in [9.17, 15) is 4.79 Å². The lowest BCUT2D eigenvalue weighted by Gasteiger charge is -2.29. The second-order valence-electron chi connectivity index (χ2n) is 8.23.